The average molecular weight is 413 g/mol. The zero-order valence-electron chi connectivity index (χ0n) is 14.3. The fourth-order valence-electron chi connectivity index (χ4n) is 2.75. The molecule has 2 aromatic carbocycles. The summed E-state index contributed by atoms with van der Waals surface area (Å²) in [6.07, 6.45) is 0. The van der Waals surface area contributed by atoms with Crippen LogP contribution in [-0.2, 0) is 14.8 Å². The van der Waals surface area contributed by atoms with E-state index in [0.29, 0.717) is 5.02 Å². The number of piperazine rings is 1. The molecule has 0 unspecified atom stereocenters. The Morgan fingerprint density at radius 1 is 1.07 bits per heavy atom. The number of halogens is 2. The van der Waals surface area contributed by atoms with Crippen LogP contribution in [0.1, 0.15) is 0 Å². The molecule has 9 heteroatoms. The Labute approximate surface area is 162 Å². The smallest absolute Gasteiger partial charge is 0.260 e. The van der Waals surface area contributed by atoms with Gasteiger partial charge >= 0.3 is 0 Å². The zero-order valence-corrected chi connectivity index (χ0v) is 15.9. The lowest BCUT2D eigenvalue weighted by Crippen LogP contribution is -2.51. The van der Waals surface area contributed by atoms with Crippen LogP contribution in [0.25, 0.3) is 0 Å². The van der Waals surface area contributed by atoms with Crippen molar-refractivity contribution in [2.75, 3.05) is 32.8 Å². The molecule has 3 rings (SSSR count). The second kappa shape index (κ2) is 8.24. The molecule has 1 amide bonds. The quantitative estimate of drug-likeness (QED) is 0.756. The molecule has 1 fully saturated rings. The van der Waals surface area contributed by atoms with E-state index in [-0.39, 0.29) is 49.3 Å². The molecule has 0 N–H and O–H groups in total. The van der Waals surface area contributed by atoms with Crippen LogP contribution < -0.4 is 4.74 Å². The minimum Gasteiger partial charge on any atom is -0.484 e. The molecule has 1 aliphatic heterocycles. The Hall–Kier alpha value is -2.16. The summed E-state index contributed by atoms with van der Waals surface area (Å²) in [4.78, 5) is 13.9. The van der Waals surface area contributed by atoms with Crippen LogP contribution in [0.2, 0.25) is 5.02 Å². The van der Waals surface area contributed by atoms with Crippen molar-refractivity contribution in [1.29, 1.82) is 0 Å². The molecule has 1 heterocycles. The van der Waals surface area contributed by atoms with E-state index in [1.54, 1.807) is 18.2 Å². The summed E-state index contributed by atoms with van der Waals surface area (Å²) in [5, 5.41) is 0.347. The molecule has 6 nitrogen and oxygen atoms in total. The van der Waals surface area contributed by atoms with Crippen molar-refractivity contribution in [2.45, 2.75) is 4.90 Å². The molecule has 0 saturated carbocycles. The number of carbonyl (C=O) groups excluding carboxylic acids is 1. The summed E-state index contributed by atoms with van der Waals surface area (Å²) in [5.74, 6) is -0.454. The molecule has 0 atom stereocenters. The fraction of sp³-hybridized carbons (Fsp3) is 0.278. The van der Waals surface area contributed by atoms with Crippen LogP contribution in [0.15, 0.2) is 53.4 Å². The molecule has 0 radical (unpaired) electrons. The zero-order chi connectivity index (χ0) is 19.4. The molecule has 0 aliphatic carbocycles. The van der Waals surface area contributed by atoms with Crippen molar-refractivity contribution in [3.8, 4) is 5.75 Å². The maximum atomic E-state index is 13.1. The number of hydrogen-bond acceptors (Lipinski definition) is 4. The first-order valence-electron chi connectivity index (χ1n) is 8.28. The van der Waals surface area contributed by atoms with Crippen molar-refractivity contribution in [3.05, 3.63) is 59.4 Å². The third-order valence-electron chi connectivity index (χ3n) is 4.18. The number of amides is 1. The van der Waals surface area contributed by atoms with Crippen LogP contribution in [0.5, 0.6) is 5.75 Å². The molecular weight excluding hydrogens is 395 g/mol. The summed E-state index contributed by atoms with van der Waals surface area (Å²) < 4.78 is 45.1. The van der Waals surface area contributed by atoms with E-state index >= 15 is 0 Å². The lowest BCUT2D eigenvalue weighted by atomic mass is 10.3. The minimum atomic E-state index is -3.66. The van der Waals surface area contributed by atoms with Crippen molar-refractivity contribution in [3.63, 3.8) is 0 Å². The van der Waals surface area contributed by atoms with E-state index in [0.717, 1.165) is 0 Å². The Morgan fingerprint density at radius 2 is 1.78 bits per heavy atom. The summed E-state index contributed by atoms with van der Waals surface area (Å²) >= 11 is 5.88. The maximum absolute atomic E-state index is 13.1. The number of benzene rings is 2. The van der Waals surface area contributed by atoms with Crippen LogP contribution in [0, 0.1) is 5.82 Å². The van der Waals surface area contributed by atoms with Gasteiger partial charge in [0.2, 0.25) is 10.0 Å². The average Bonchev–Trinajstić information content (AvgIpc) is 2.66. The van der Waals surface area contributed by atoms with Gasteiger partial charge in [0.15, 0.2) is 6.61 Å². The Balaban J connectivity index is 1.56. The highest BCUT2D eigenvalue weighted by atomic mass is 35.5. The standard InChI is InChI=1S/C18H18ClFN2O4S/c19-14-3-1-6-17(11-14)27(24,25)22-9-7-21(8-10-22)18(23)13-26-16-5-2-4-15(20)12-16/h1-6,11-12H,7-10,13H2. The second-order valence-corrected chi connectivity index (χ2v) is 8.36. The van der Waals surface area contributed by atoms with E-state index in [4.69, 9.17) is 16.3 Å². The number of nitrogens with zero attached hydrogens (tertiary/aromatic N) is 2. The third-order valence-corrected chi connectivity index (χ3v) is 6.31. The molecule has 144 valence electrons. The fourth-order valence-corrected chi connectivity index (χ4v) is 4.47. The largest absolute Gasteiger partial charge is 0.484 e. The van der Waals surface area contributed by atoms with Crippen molar-refractivity contribution in [1.82, 2.24) is 9.21 Å². The number of ether oxygens (including phenoxy) is 1. The third kappa shape index (κ3) is 4.77. The van der Waals surface area contributed by atoms with Gasteiger partial charge in [-0.15, -0.1) is 0 Å². The van der Waals surface area contributed by atoms with Gasteiger partial charge < -0.3 is 9.64 Å². The lowest BCUT2D eigenvalue weighted by molar-refractivity contribution is -0.134. The molecule has 0 spiro atoms. The van der Waals surface area contributed by atoms with E-state index in [9.17, 15) is 17.6 Å². The Bertz CT molecular complexity index is 930. The second-order valence-electron chi connectivity index (χ2n) is 5.99. The number of rotatable bonds is 5. The molecule has 2 aromatic rings. The predicted octanol–water partition coefficient (Wildman–Crippen LogP) is 2.39. The van der Waals surface area contributed by atoms with Crippen LogP contribution in [-0.4, -0.2) is 56.3 Å². The molecule has 0 bridgehead atoms. The molecule has 1 saturated heterocycles. The first kappa shape index (κ1) is 19.6. The van der Waals surface area contributed by atoms with Crippen molar-refractivity contribution in [2.24, 2.45) is 0 Å². The summed E-state index contributed by atoms with van der Waals surface area (Å²) in [6, 6.07) is 11.6. The van der Waals surface area contributed by atoms with Gasteiger partial charge in [0.1, 0.15) is 11.6 Å². The van der Waals surface area contributed by atoms with E-state index in [2.05, 4.69) is 0 Å². The van der Waals surface area contributed by atoms with Crippen molar-refractivity contribution < 1.29 is 22.3 Å². The Morgan fingerprint density at radius 3 is 2.44 bits per heavy atom. The molecule has 1 aliphatic rings. The first-order valence-corrected chi connectivity index (χ1v) is 10.1. The van der Waals surface area contributed by atoms with E-state index < -0.39 is 15.8 Å². The van der Waals surface area contributed by atoms with E-state index in [1.807, 2.05) is 0 Å². The van der Waals surface area contributed by atoms with Gasteiger partial charge in [-0.3, -0.25) is 4.79 Å². The highest BCUT2D eigenvalue weighted by molar-refractivity contribution is 7.89. The van der Waals surface area contributed by atoms with Crippen LogP contribution in [0.3, 0.4) is 0 Å². The van der Waals surface area contributed by atoms with Gasteiger partial charge in [-0.2, -0.15) is 4.31 Å². The van der Waals surface area contributed by atoms with Gasteiger partial charge in [0.25, 0.3) is 5.91 Å². The topological polar surface area (TPSA) is 66.9 Å². The summed E-state index contributed by atoms with van der Waals surface area (Å²) in [6.45, 7) is 0.641. The van der Waals surface area contributed by atoms with Gasteiger partial charge in [-0.05, 0) is 30.3 Å². The number of hydrogen-bond donors (Lipinski definition) is 0. The monoisotopic (exact) mass is 412 g/mol. The van der Waals surface area contributed by atoms with E-state index in [1.165, 1.54) is 39.5 Å². The number of carbonyl (C=O) groups is 1. The van der Waals surface area contributed by atoms with Gasteiger partial charge in [0.05, 0.1) is 4.90 Å². The van der Waals surface area contributed by atoms with Crippen molar-refractivity contribution >= 4 is 27.5 Å². The lowest BCUT2D eigenvalue weighted by Gasteiger charge is -2.34. The molecule has 0 aromatic heterocycles. The Kier molecular flexibility index (Phi) is 5.98. The maximum Gasteiger partial charge on any atom is 0.260 e. The molecular formula is C18H18ClFN2O4S. The SMILES string of the molecule is O=C(COc1cccc(F)c1)N1CCN(S(=O)(=O)c2cccc(Cl)c2)CC1. The summed E-state index contributed by atoms with van der Waals surface area (Å²) in [7, 11) is -3.66. The first-order chi connectivity index (χ1) is 12.9. The highest BCUT2D eigenvalue weighted by Crippen LogP contribution is 2.21. The number of sulfonamides is 1. The van der Waals surface area contributed by atoms with Gasteiger partial charge in [-0.25, -0.2) is 12.8 Å². The normalized spacial score (nSPS) is 15.6. The highest BCUT2D eigenvalue weighted by Gasteiger charge is 2.30. The summed E-state index contributed by atoms with van der Waals surface area (Å²) in [5.41, 5.74) is 0. The minimum absolute atomic E-state index is 0.129. The predicted molar refractivity (Wildman–Crippen MR) is 98.7 cm³/mol. The van der Waals surface area contributed by atoms with Crippen LogP contribution in [0.4, 0.5) is 4.39 Å². The van der Waals surface area contributed by atoms with Gasteiger partial charge in [0, 0.05) is 37.3 Å². The van der Waals surface area contributed by atoms with Gasteiger partial charge in [-0.1, -0.05) is 23.7 Å². The molecule has 27 heavy (non-hydrogen) atoms. The van der Waals surface area contributed by atoms with Crippen LogP contribution >= 0.6 is 11.6 Å².